The van der Waals surface area contributed by atoms with Crippen LogP contribution in [0.3, 0.4) is 0 Å². The van der Waals surface area contributed by atoms with Crippen LogP contribution in [0.1, 0.15) is 46.0 Å². The Morgan fingerprint density at radius 2 is 1.85 bits per heavy atom. The molecule has 0 radical (unpaired) electrons. The minimum atomic E-state index is 0.312. The molecule has 1 saturated carbocycles. The highest BCUT2D eigenvalue weighted by molar-refractivity contribution is 5.82. The molecule has 1 saturated heterocycles. The summed E-state index contributed by atoms with van der Waals surface area (Å²) in [6.07, 6.45) is 5.57. The van der Waals surface area contributed by atoms with Crippen LogP contribution in [0, 0.1) is 17.8 Å². The van der Waals surface area contributed by atoms with Gasteiger partial charge in [-0.1, -0.05) is 13.8 Å². The predicted octanol–water partition coefficient (Wildman–Crippen LogP) is 2.65. The van der Waals surface area contributed by atoms with Crippen LogP contribution in [0.4, 0.5) is 0 Å². The maximum atomic E-state index is 12.2. The number of likely N-dealkylation sites (tertiary alicyclic amines) is 1. The van der Waals surface area contributed by atoms with Gasteiger partial charge in [-0.3, -0.25) is 4.79 Å². The topological polar surface area (TPSA) is 23.6 Å². The Bertz CT molecular complexity index is 319. The molecule has 2 unspecified atom stereocenters. The number of Topliss-reactive ketones (excluding diaryl/α,β-unsaturated/α-hetero) is 1. The molecule has 0 aromatic carbocycles. The molecule has 2 atom stereocenters. The SMILES string of the molecule is CC(C)C1CCC(=O)C(CN2CCC(N(C)C)CC2)C1. The van der Waals surface area contributed by atoms with Crippen LogP contribution in [0.2, 0.25) is 0 Å². The fourth-order valence-corrected chi connectivity index (χ4v) is 3.86. The number of nitrogens with zero attached hydrogens (tertiary/aromatic N) is 2. The van der Waals surface area contributed by atoms with Crippen LogP contribution in [0.25, 0.3) is 0 Å². The summed E-state index contributed by atoms with van der Waals surface area (Å²) >= 11 is 0. The quantitative estimate of drug-likeness (QED) is 0.791. The fourth-order valence-electron chi connectivity index (χ4n) is 3.86. The molecular weight excluding hydrogens is 248 g/mol. The molecular formula is C17H32N2O. The molecule has 3 nitrogen and oxygen atoms in total. The molecule has 2 aliphatic rings. The monoisotopic (exact) mass is 280 g/mol. The maximum absolute atomic E-state index is 12.2. The van der Waals surface area contributed by atoms with Gasteiger partial charge >= 0.3 is 0 Å². The van der Waals surface area contributed by atoms with E-state index in [0.29, 0.717) is 11.7 Å². The first-order chi connectivity index (χ1) is 9.47. The molecule has 1 heterocycles. The van der Waals surface area contributed by atoms with Gasteiger partial charge in [0.1, 0.15) is 5.78 Å². The molecule has 2 fully saturated rings. The summed E-state index contributed by atoms with van der Waals surface area (Å²) < 4.78 is 0. The van der Waals surface area contributed by atoms with Crippen molar-refractivity contribution in [3.8, 4) is 0 Å². The van der Waals surface area contributed by atoms with Crippen molar-refractivity contribution in [1.82, 2.24) is 9.80 Å². The van der Waals surface area contributed by atoms with Gasteiger partial charge in [-0.2, -0.15) is 0 Å². The number of piperidine rings is 1. The second-order valence-electron chi connectivity index (χ2n) is 7.44. The average molecular weight is 280 g/mol. The Morgan fingerprint density at radius 1 is 1.20 bits per heavy atom. The zero-order valence-corrected chi connectivity index (χ0v) is 13.8. The summed E-state index contributed by atoms with van der Waals surface area (Å²) in [5, 5.41) is 0. The lowest BCUT2D eigenvalue weighted by molar-refractivity contribution is -0.126. The fraction of sp³-hybridized carbons (Fsp3) is 0.941. The van der Waals surface area contributed by atoms with Crippen molar-refractivity contribution in [3.05, 3.63) is 0 Å². The van der Waals surface area contributed by atoms with E-state index >= 15 is 0 Å². The summed E-state index contributed by atoms with van der Waals surface area (Å²) in [4.78, 5) is 17.1. The third kappa shape index (κ3) is 4.05. The molecule has 3 heteroatoms. The van der Waals surface area contributed by atoms with E-state index in [1.54, 1.807) is 0 Å². The van der Waals surface area contributed by atoms with E-state index in [-0.39, 0.29) is 0 Å². The number of carbonyl (C=O) groups is 1. The van der Waals surface area contributed by atoms with Gasteiger partial charge in [0.15, 0.2) is 0 Å². The second kappa shape index (κ2) is 7.04. The molecule has 0 amide bonds. The lowest BCUT2D eigenvalue weighted by Gasteiger charge is -2.38. The van der Waals surface area contributed by atoms with Crippen molar-refractivity contribution in [2.45, 2.75) is 52.0 Å². The Labute approximate surface area is 124 Å². The number of hydrogen-bond donors (Lipinski definition) is 0. The first-order valence-corrected chi connectivity index (χ1v) is 8.39. The van der Waals surface area contributed by atoms with Gasteiger partial charge in [-0.25, -0.2) is 0 Å². The van der Waals surface area contributed by atoms with E-state index in [0.717, 1.165) is 43.7 Å². The average Bonchev–Trinajstić information content (AvgIpc) is 2.41. The number of carbonyl (C=O) groups excluding carboxylic acids is 1. The standard InChI is InChI=1S/C17H32N2O/c1-13(2)14-5-6-17(20)15(11-14)12-19-9-7-16(8-10-19)18(3)4/h13-16H,5-12H2,1-4H3. The summed E-state index contributed by atoms with van der Waals surface area (Å²) in [7, 11) is 4.36. The number of rotatable bonds is 4. The normalized spacial score (nSPS) is 30.4. The molecule has 116 valence electrons. The van der Waals surface area contributed by atoms with Crippen molar-refractivity contribution in [3.63, 3.8) is 0 Å². The van der Waals surface area contributed by atoms with Crippen LogP contribution in [0.15, 0.2) is 0 Å². The van der Waals surface area contributed by atoms with Gasteiger partial charge in [0, 0.05) is 24.9 Å². The minimum absolute atomic E-state index is 0.312. The van der Waals surface area contributed by atoms with Gasteiger partial charge in [-0.15, -0.1) is 0 Å². The predicted molar refractivity (Wildman–Crippen MR) is 83.8 cm³/mol. The van der Waals surface area contributed by atoms with Crippen molar-refractivity contribution in [1.29, 1.82) is 0 Å². The van der Waals surface area contributed by atoms with Crippen LogP contribution >= 0.6 is 0 Å². The van der Waals surface area contributed by atoms with Crippen molar-refractivity contribution < 1.29 is 4.79 Å². The maximum Gasteiger partial charge on any atom is 0.137 e. The third-order valence-corrected chi connectivity index (χ3v) is 5.51. The van der Waals surface area contributed by atoms with Crippen molar-refractivity contribution in [2.24, 2.45) is 17.8 Å². The Morgan fingerprint density at radius 3 is 2.40 bits per heavy atom. The molecule has 0 aromatic rings. The molecule has 0 bridgehead atoms. The highest BCUT2D eigenvalue weighted by atomic mass is 16.1. The molecule has 0 spiro atoms. The first-order valence-electron chi connectivity index (χ1n) is 8.39. The van der Waals surface area contributed by atoms with E-state index in [1.807, 2.05) is 0 Å². The molecule has 0 aromatic heterocycles. The van der Waals surface area contributed by atoms with Gasteiger partial charge in [0.25, 0.3) is 0 Å². The summed E-state index contributed by atoms with van der Waals surface area (Å²) in [5.41, 5.74) is 0. The Hall–Kier alpha value is -0.410. The summed E-state index contributed by atoms with van der Waals surface area (Å²) in [6, 6.07) is 0.733. The van der Waals surface area contributed by atoms with Crippen LogP contribution in [-0.2, 0) is 4.79 Å². The highest BCUT2D eigenvalue weighted by Crippen LogP contribution is 2.32. The van der Waals surface area contributed by atoms with E-state index in [4.69, 9.17) is 0 Å². The third-order valence-electron chi connectivity index (χ3n) is 5.51. The second-order valence-corrected chi connectivity index (χ2v) is 7.44. The molecule has 2 rings (SSSR count). The van der Waals surface area contributed by atoms with E-state index in [2.05, 4.69) is 37.7 Å². The first kappa shape index (κ1) is 16.0. The molecule has 20 heavy (non-hydrogen) atoms. The van der Waals surface area contributed by atoms with E-state index in [9.17, 15) is 4.79 Å². The van der Waals surface area contributed by atoms with Gasteiger partial charge < -0.3 is 9.80 Å². The Balaban J connectivity index is 1.82. The van der Waals surface area contributed by atoms with Crippen LogP contribution in [-0.4, -0.2) is 55.4 Å². The smallest absolute Gasteiger partial charge is 0.137 e. The lowest BCUT2D eigenvalue weighted by atomic mass is 9.75. The minimum Gasteiger partial charge on any atom is -0.306 e. The van der Waals surface area contributed by atoms with Crippen molar-refractivity contribution >= 4 is 5.78 Å². The lowest BCUT2D eigenvalue weighted by Crippen LogP contribution is -2.45. The van der Waals surface area contributed by atoms with Gasteiger partial charge in [0.05, 0.1) is 0 Å². The molecule has 0 N–H and O–H groups in total. The van der Waals surface area contributed by atoms with Crippen LogP contribution in [0.5, 0.6) is 0 Å². The highest BCUT2D eigenvalue weighted by Gasteiger charge is 2.32. The largest absolute Gasteiger partial charge is 0.306 e. The van der Waals surface area contributed by atoms with Gasteiger partial charge in [-0.05, 0) is 64.7 Å². The van der Waals surface area contributed by atoms with E-state index in [1.165, 1.54) is 25.9 Å². The molecule has 1 aliphatic carbocycles. The zero-order valence-electron chi connectivity index (χ0n) is 13.8. The van der Waals surface area contributed by atoms with Crippen LogP contribution < -0.4 is 0 Å². The summed E-state index contributed by atoms with van der Waals surface area (Å²) in [6.45, 7) is 7.96. The van der Waals surface area contributed by atoms with Gasteiger partial charge in [0.2, 0.25) is 0 Å². The zero-order chi connectivity index (χ0) is 14.7. The molecule has 1 aliphatic heterocycles. The van der Waals surface area contributed by atoms with E-state index < -0.39 is 0 Å². The summed E-state index contributed by atoms with van der Waals surface area (Å²) in [5.74, 6) is 2.32. The Kier molecular flexibility index (Phi) is 5.62. The number of hydrogen-bond acceptors (Lipinski definition) is 3. The number of ketones is 1. The van der Waals surface area contributed by atoms with Crippen molar-refractivity contribution in [2.75, 3.05) is 33.7 Å².